The first-order chi connectivity index (χ1) is 7.70. The van der Waals surface area contributed by atoms with Crippen LogP contribution in [0.25, 0.3) is 0 Å². The highest BCUT2D eigenvalue weighted by Crippen LogP contribution is 2.28. The van der Waals surface area contributed by atoms with Crippen molar-refractivity contribution in [1.29, 1.82) is 0 Å². The summed E-state index contributed by atoms with van der Waals surface area (Å²) < 4.78 is 41.2. The van der Waals surface area contributed by atoms with Crippen LogP contribution in [-0.4, -0.2) is 36.0 Å². The molecule has 1 unspecified atom stereocenters. The molecule has 1 amide bonds. The predicted molar refractivity (Wildman–Crippen MR) is 51.3 cm³/mol. The van der Waals surface area contributed by atoms with Crippen LogP contribution in [0.2, 0.25) is 0 Å². The first-order valence-electron chi connectivity index (χ1n) is 4.53. The van der Waals surface area contributed by atoms with E-state index in [-0.39, 0.29) is 6.61 Å². The Bertz CT molecular complexity index is 303. The first kappa shape index (κ1) is 15.3. The van der Waals surface area contributed by atoms with Gasteiger partial charge in [-0.15, -0.1) is 0 Å². The van der Waals surface area contributed by atoms with Gasteiger partial charge in [0, 0.05) is 0 Å². The van der Waals surface area contributed by atoms with Gasteiger partial charge in [0.25, 0.3) is 0 Å². The third-order valence-electron chi connectivity index (χ3n) is 1.89. The Morgan fingerprint density at radius 2 is 2.06 bits per heavy atom. The number of ether oxygens (including phenoxy) is 1. The third kappa shape index (κ3) is 5.23. The molecular formula is C9H12F3NO4. The maximum Gasteiger partial charge on any atom is 0.408 e. The summed E-state index contributed by atoms with van der Waals surface area (Å²) in [4.78, 5) is 21.5. The fraction of sp³-hybridized carbons (Fsp3) is 0.556. The van der Waals surface area contributed by atoms with Crippen LogP contribution in [0.1, 0.15) is 6.92 Å². The summed E-state index contributed by atoms with van der Waals surface area (Å²) in [6.07, 6.45) is -4.77. The Morgan fingerprint density at radius 1 is 1.53 bits per heavy atom. The number of aliphatic carboxylic acids is 1. The first-order valence-corrected chi connectivity index (χ1v) is 4.53. The van der Waals surface area contributed by atoms with Crippen LogP contribution in [-0.2, 0) is 9.53 Å². The van der Waals surface area contributed by atoms with Crippen molar-refractivity contribution in [1.82, 2.24) is 5.32 Å². The molecular weight excluding hydrogens is 243 g/mol. The molecule has 0 aliphatic carbocycles. The van der Waals surface area contributed by atoms with Gasteiger partial charge in [-0.05, 0) is 0 Å². The van der Waals surface area contributed by atoms with Crippen molar-refractivity contribution in [2.45, 2.75) is 19.1 Å². The van der Waals surface area contributed by atoms with E-state index in [2.05, 4.69) is 11.3 Å². The molecule has 0 rings (SSSR count). The molecule has 0 saturated carbocycles. The molecule has 0 spiro atoms. The van der Waals surface area contributed by atoms with E-state index < -0.39 is 30.2 Å². The highest BCUT2D eigenvalue weighted by Gasteiger charge is 2.45. The van der Waals surface area contributed by atoms with Crippen molar-refractivity contribution >= 4 is 12.1 Å². The molecule has 0 aromatic rings. The normalized spacial score (nSPS) is 14.6. The summed E-state index contributed by atoms with van der Waals surface area (Å²) in [5, 5.41) is 10.2. The van der Waals surface area contributed by atoms with Crippen LogP contribution in [0.4, 0.5) is 18.0 Å². The topological polar surface area (TPSA) is 75.6 Å². The summed E-state index contributed by atoms with van der Waals surface area (Å²) >= 11 is 0. The van der Waals surface area contributed by atoms with Crippen LogP contribution in [0, 0.1) is 5.92 Å². The molecule has 0 fully saturated rings. The largest absolute Gasteiger partial charge is 0.480 e. The van der Waals surface area contributed by atoms with Gasteiger partial charge in [-0.1, -0.05) is 19.6 Å². The summed E-state index contributed by atoms with van der Waals surface area (Å²) in [5.41, 5.74) is 0. The number of carboxylic acids is 1. The van der Waals surface area contributed by atoms with Crippen molar-refractivity contribution in [3.63, 3.8) is 0 Å². The van der Waals surface area contributed by atoms with E-state index in [4.69, 9.17) is 5.11 Å². The van der Waals surface area contributed by atoms with Gasteiger partial charge in [-0.3, -0.25) is 0 Å². The van der Waals surface area contributed by atoms with Gasteiger partial charge in [-0.25, -0.2) is 9.59 Å². The van der Waals surface area contributed by atoms with Crippen molar-refractivity contribution in [3.8, 4) is 0 Å². The van der Waals surface area contributed by atoms with E-state index >= 15 is 0 Å². The second-order valence-corrected chi connectivity index (χ2v) is 3.18. The highest BCUT2D eigenvalue weighted by molar-refractivity contribution is 5.80. The van der Waals surface area contributed by atoms with Crippen molar-refractivity contribution in [2.24, 2.45) is 5.92 Å². The Labute approximate surface area is 95.2 Å². The van der Waals surface area contributed by atoms with E-state index in [1.807, 2.05) is 0 Å². The van der Waals surface area contributed by atoms with Crippen molar-refractivity contribution in [2.75, 3.05) is 6.61 Å². The number of hydrogen-bond donors (Lipinski definition) is 2. The second kappa shape index (κ2) is 6.12. The van der Waals surface area contributed by atoms with Gasteiger partial charge in [0.15, 0.2) is 0 Å². The van der Waals surface area contributed by atoms with Gasteiger partial charge in [0.1, 0.15) is 12.6 Å². The summed E-state index contributed by atoms with van der Waals surface area (Å²) in [7, 11) is 0. The smallest absolute Gasteiger partial charge is 0.408 e. The molecule has 17 heavy (non-hydrogen) atoms. The van der Waals surface area contributed by atoms with Crippen molar-refractivity contribution < 1.29 is 32.6 Å². The van der Waals surface area contributed by atoms with Crippen LogP contribution >= 0.6 is 0 Å². The molecule has 0 bridgehead atoms. The van der Waals surface area contributed by atoms with Crippen LogP contribution < -0.4 is 5.32 Å². The number of carbonyl (C=O) groups excluding carboxylic acids is 1. The number of carboxylic acid groups (broad SMARTS) is 1. The zero-order valence-electron chi connectivity index (χ0n) is 8.95. The molecule has 0 saturated heterocycles. The lowest BCUT2D eigenvalue weighted by Gasteiger charge is -2.23. The molecule has 5 nitrogen and oxygen atoms in total. The second-order valence-electron chi connectivity index (χ2n) is 3.18. The summed E-state index contributed by atoms with van der Waals surface area (Å²) in [5.74, 6) is -4.01. The molecule has 2 atom stereocenters. The fourth-order valence-electron chi connectivity index (χ4n) is 0.893. The van der Waals surface area contributed by atoms with Crippen LogP contribution in [0.3, 0.4) is 0 Å². The molecule has 0 aromatic heterocycles. The zero-order valence-corrected chi connectivity index (χ0v) is 8.95. The monoisotopic (exact) mass is 255 g/mol. The number of nitrogens with one attached hydrogen (secondary N) is 1. The molecule has 0 aliphatic rings. The number of hydrogen-bond acceptors (Lipinski definition) is 3. The molecule has 0 radical (unpaired) electrons. The predicted octanol–water partition coefficient (Wildman–Crippen LogP) is 1.55. The molecule has 0 heterocycles. The maximum atomic E-state index is 12.3. The summed E-state index contributed by atoms with van der Waals surface area (Å²) in [6.45, 7) is 3.66. The number of carbonyl (C=O) groups is 2. The third-order valence-corrected chi connectivity index (χ3v) is 1.89. The Balaban J connectivity index is 4.60. The SMILES string of the molecule is C=CCOC(=O)NC(C(=O)O)[C@@H](C)C(F)(F)F. The molecule has 98 valence electrons. The Kier molecular flexibility index (Phi) is 5.49. The Morgan fingerprint density at radius 3 is 2.41 bits per heavy atom. The number of alkyl carbamates (subject to hydrolysis) is 1. The minimum absolute atomic E-state index is 0.224. The number of amides is 1. The lowest BCUT2D eigenvalue weighted by Crippen LogP contribution is -2.49. The number of rotatable bonds is 5. The van der Waals surface area contributed by atoms with E-state index in [9.17, 15) is 22.8 Å². The molecule has 2 N–H and O–H groups in total. The minimum atomic E-state index is -4.73. The highest BCUT2D eigenvalue weighted by atomic mass is 19.4. The van der Waals surface area contributed by atoms with E-state index in [0.29, 0.717) is 6.92 Å². The average Bonchev–Trinajstić information content (AvgIpc) is 2.20. The summed E-state index contributed by atoms with van der Waals surface area (Å²) in [6, 6.07) is -2.09. The quantitative estimate of drug-likeness (QED) is 0.731. The fourth-order valence-corrected chi connectivity index (χ4v) is 0.893. The molecule has 0 aromatic carbocycles. The van der Waals surface area contributed by atoms with Gasteiger partial charge >= 0.3 is 18.2 Å². The van der Waals surface area contributed by atoms with Gasteiger partial charge in [0.05, 0.1) is 5.92 Å². The van der Waals surface area contributed by atoms with Crippen molar-refractivity contribution in [3.05, 3.63) is 12.7 Å². The van der Waals surface area contributed by atoms with Gasteiger partial charge in [-0.2, -0.15) is 13.2 Å². The average molecular weight is 255 g/mol. The number of alkyl halides is 3. The standard InChI is InChI=1S/C9H12F3NO4/c1-3-4-17-8(16)13-6(7(14)15)5(2)9(10,11)12/h3,5-6H,1,4H2,2H3,(H,13,16)(H,14,15)/t5-,6?/m1/s1. The zero-order chi connectivity index (χ0) is 13.6. The minimum Gasteiger partial charge on any atom is -0.480 e. The van der Waals surface area contributed by atoms with Gasteiger partial charge < -0.3 is 15.2 Å². The Hall–Kier alpha value is -1.73. The lowest BCUT2D eigenvalue weighted by atomic mass is 10.0. The van der Waals surface area contributed by atoms with E-state index in [1.165, 1.54) is 6.08 Å². The molecule has 8 heteroatoms. The maximum absolute atomic E-state index is 12.3. The van der Waals surface area contributed by atoms with Gasteiger partial charge in [0.2, 0.25) is 0 Å². The molecule has 0 aliphatic heterocycles. The van der Waals surface area contributed by atoms with E-state index in [0.717, 1.165) is 0 Å². The van der Waals surface area contributed by atoms with Crippen LogP contribution in [0.15, 0.2) is 12.7 Å². The van der Waals surface area contributed by atoms with Crippen LogP contribution in [0.5, 0.6) is 0 Å². The number of halogens is 3. The lowest BCUT2D eigenvalue weighted by molar-refractivity contribution is -0.184. The van der Waals surface area contributed by atoms with E-state index in [1.54, 1.807) is 5.32 Å².